The third-order valence-corrected chi connectivity index (χ3v) is 3.58. The predicted molar refractivity (Wildman–Crippen MR) is 73.3 cm³/mol. The van der Waals surface area contributed by atoms with Gasteiger partial charge in [-0.1, -0.05) is 31.7 Å². The second-order valence-corrected chi connectivity index (χ2v) is 5.69. The summed E-state index contributed by atoms with van der Waals surface area (Å²) in [5.74, 6) is 0.486. The number of hydrogen-bond donors (Lipinski definition) is 0. The molecular weight excluding hydrogens is 277 g/mol. The van der Waals surface area contributed by atoms with Crippen LogP contribution in [0.15, 0.2) is 23.4 Å². The predicted octanol–water partition coefficient (Wildman–Crippen LogP) is 2.63. The summed E-state index contributed by atoms with van der Waals surface area (Å²) in [6.45, 7) is 4.89. The minimum absolute atomic E-state index is 0.320. The molecule has 5 nitrogen and oxygen atoms in total. The number of nitrogens with zero attached hydrogens (tertiary/aromatic N) is 5. The molecule has 0 unspecified atom stereocenters. The summed E-state index contributed by atoms with van der Waals surface area (Å²) >= 11 is 1.38. The molecule has 2 rings (SSSR count). The van der Waals surface area contributed by atoms with Gasteiger partial charge in [-0.2, -0.15) is 5.26 Å². The first-order valence-corrected chi connectivity index (χ1v) is 7.16. The molecule has 1 aromatic heterocycles. The Labute approximate surface area is 120 Å². The van der Waals surface area contributed by atoms with Crippen LogP contribution < -0.4 is 0 Å². The van der Waals surface area contributed by atoms with Crippen LogP contribution in [0.25, 0.3) is 0 Å². The summed E-state index contributed by atoms with van der Waals surface area (Å²) in [5, 5.41) is 20.9. The van der Waals surface area contributed by atoms with Gasteiger partial charge in [0.2, 0.25) is 5.16 Å². The maximum Gasteiger partial charge on any atom is 0.209 e. The average Bonchev–Trinajstić information content (AvgIpc) is 2.83. The minimum atomic E-state index is -0.376. The van der Waals surface area contributed by atoms with Gasteiger partial charge in [-0.05, 0) is 34.0 Å². The molecule has 20 heavy (non-hydrogen) atoms. The number of tetrazole rings is 1. The van der Waals surface area contributed by atoms with Crippen LogP contribution in [0.5, 0.6) is 0 Å². The lowest BCUT2D eigenvalue weighted by atomic mass is 10.1. The Balaban J connectivity index is 2.06. The van der Waals surface area contributed by atoms with E-state index >= 15 is 0 Å². The van der Waals surface area contributed by atoms with E-state index in [9.17, 15) is 4.39 Å². The Morgan fingerprint density at radius 3 is 2.90 bits per heavy atom. The van der Waals surface area contributed by atoms with Crippen LogP contribution in [0.2, 0.25) is 0 Å². The van der Waals surface area contributed by atoms with Gasteiger partial charge in [-0.25, -0.2) is 9.07 Å². The van der Waals surface area contributed by atoms with E-state index in [2.05, 4.69) is 29.4 Å². The Morgan fingerprint density at radius 2 is 2.25 bits per heavy atom. The van der Waals surface area contributed by atoms with Crippen LogP contribution >= 0.6 is 11.8 Å². The second kappa shape index (κ2) is 6.48. The topological polar surface area (TPSA) is 67.4 Å². The normalized spacial score (nSPS) is 10.8. The van der Waals surface area contributed by atoms with Gasteiger partial charge in [0.05, 0.1) is 11.6 Å². The third kappa shape index (κ3) is 3.54. The van der Waals surface area contributed by atoms with Gasteiger partial charge in [0.25, 0.3) is 0 Å². The molecule has 7 heteroatoms. The summed E-state index contributed by atoms with van der Waals surface area (Å²) in [7, 11) is 0. The number of aromatic nitrogens is 4. The van der Waals surface area contributed by atoms with Crippen LogP contribution in [0.4, 0.5) is 4.39 Å². The molecule has 0 aliphatic rings. The molecule has 0 aliphatic heterocycles. The average molecular weight is 291 g/mol. The molecule has 0 N–H and O–H groups in total. The number of rotatable bonds is 5. The highest BCUT2D eigenvalue weighted by molar-refractivity contribution is 7.98. The van der Waals surface area contributed by atoms with E-state index < -0.39 is 0 Å². The van der Waals surface area contributed by atoms with Gasteiger partial charge in [-0.3, -0.25) is 0 Å². The van der Waals surface area contributed by atoms with Crippen molar-refractivity contribution in [2.45, 2.75) is 31.3 Å². The lowest BCUT2D eigenvalue weighted by molar-refractivity contribution is 0.445. The second-order valence-electron chi connectivity index (χ2n) is 4.74. The van der Waals surface area contributed by atoms with Gasteiger partial charge in [0.15, 0.2) is 0 Å². The summed E-state index contributed by atoms with van der Waals surface area (Å²) in [6.07, 6.45) is 0. The first-order valence-electron chi connectivity index (χ1n) is 6.17. The zero-order valence-electron chi connectivity index (χ0n) is 11.2. The monoisotopic (exact) mass is 291 g/mol. The summed E-state index contributed by atoms with van der Waals surface area (Å²) < 4.78 is 15.5. The van der Waals surface area contributed by atoms with Crippen LogP contribution in [0.3, 0.4) is 0 Å². The van der Waals surface area contributed by atoms with Crippen molar-refractivity contribution in [2.75, 3.05) is 0 Å². The van der Waals surface area contributed by atoms with E-state index in [1.165, 1.54) is 17.8 Å². The molecule has 0 atom stereocenters. The van der Waals surface area contributed by atoms with E-state index in [4.69, 9.17) is 5.26 Å². The van der Waals surface area contributed by atoms with Crippen LogP contribution in [0, 0.1) is 23.1 Å². The molecule has 0 radical (unpaired) electrons. The van der Waals surface area contributed by atoms with Crippen molar-refractivity contribution >= 4 is 11.8 Å². The zero-order valence-corrected chi connectivity index (χ0v) is 12.1. The molecular formula is C13H14FN5S. The molecule has 0 spiro atoms. The third-order valence-electron chi connectivity index (χ3n) is 2.58. The Hall–Kier alpha value is -1.94. The van der Waals surface area contributed by atoms with Crippen LogP contribution in [0.1, 0.15) is 25.0 Å². The molecule has 2 aromatic rings. The largest absolute Gasteiger partial charge is 0.220 e. The van der Waals surface area contributed by atoms with Crippen molar-refractivity contribution in [2.24, 2.45) is 5.92 Å². The summed E-state index contributed by atoms with van der Waals surface area (Å²) in [5.41, 5.74) is 0.856. The molecule has 0 fully saturated rings. The van der Waals surface area contributed by atoms with Crippen molar-refractivity contribution in [3.63, 3.8) is 0 Å². The number of nitriles is 1. The molecule has 0 bridgehead atoms. The maximum absolute atomic E-state index is 13.8. The van der Waals surface area contributed by atoms with E-state index in [0.717, 1.165) is 6.54 Å². The zero-order chi connectivity index (χ0) is 14.5. The lowest BCUT2D eigenvalue weighted by Crippen LogP contribution is -2.07. The number of halogens is 1. The number of thioether (sulfide) groups is 1. The Morgan fingerprint density at radius 1 is 1.45 bits per heavy atom. The Bertz CT molecular complexity index is 632. The van der Waals surface area contributed by atoms with Crippen molar-refractivity contribution < 1.29 is 4.39 Å². The highest BCUT2D eigenvalue weighted by Crippen LogP contribution is 2.22. The maximum atomic E-state index is 13.8. The van der Waals surface area contributed by atoms with Gasteiger partial charge in [0.1, 0.15) is 5.82 Å². The standard InChI is InChI=1S/C13H14FN5S/c1-9(2)7-19-13(16-17-18-19)20-8-11-4-3-10(6-15)5-12(11)14/h3-5,9H,7-8H2,1-2H3. The molecule has 1 aromatic carbocycles. The fourth-order valence-corrected chi connectivity index (χ4v) is 2.51. The molecule has 0 aliphatic carbocycles. The minimum Gasteiger partial charge on any atom is -0.220 e. The van der Waals surface area contributed by atoms with Gasteiger partial charge in [0, 0.05) is 12.3 Å². The fraction of sp³-hybridized carbons (Fsp3) is 0.385. The van der Waals surface area contributed by atoms with Crippen LogP contribution in [-0.2, 0) is 12.3 Å². The SMILES string of the molecule is CC(C)Cn1nnnc1SCc1ccc(C#N)cc1F. The number of hydrogen-bond acceptors (Lipinski definition) is 5. The van der Waals surface area contributed by atoms with E-state index in [1.54, 1.807) is 16.8 Å². The van der Waals surface area contributed by atoms with E-state index in [1.807, 2.05) is 6.07 Å². The highest BCUT2D eigenvalue weighted by Gasteiger charge is 2.10. The molecule has 104 valence electrons. The molecule has 0 saturated carbocycles. The van der Waals surface area contributed by atoms with Gasteiger partial charge < -0.3 is 0 Å². The smallest absolute Gasteiger partial charge is 0.209 e. The Kier molecular flexibility index (Phi) is 4.69. The fourth-order valence-electron chi connectivity index (χ4n) is 1.64. The number of benzene rings is 1. The first kappa shape index (κ1) is 14.5. The lowest BCUT2D eigenvalue weighted by Gasteiger charge is -2.07. The molecule has 1 heterocycles. The molecule has 0 amide bonds. The quantitative estimate of drug-likeness (QED) is 0.792. The first-order chi connectivity index (χ1) is 9.60. The highest BCUT2D eigenvalue weighted by atomic mass is 32.2. The van der Waals surface area contributed by atoms with Crippen molar-refractivity contribution in [3.05, 3.63) is 35.1 Å². The van der Waals surface area contributed by atoms with Crippen LogP contribution in [-0.4, -0.2) is 20.2 Å². The van der Waals surface area contributed by atoms with Gasteiger partial charge >= 0.3 is 0 Å². The van der Waals surface area contributed by atoms with E-state index in [-0.39, 0.29) is 5.82 Å². The van der Waals surface area contributed by atoms with Gasteiger partial charge in [-0.15, -0.1) is 5.10 Å². The van der Waals surface area contributed by atoms with Crippen molar-refractivity contribution in [3.8, 4) is 6.07 Å². The van der Waals surface area contributed by atoms with Crippen molar-refractivity contribution in [1.82, 2.24) is 20.2 Å². The summed E-state index contributed by atoms with van der Waals surface area (Å²) in [6, 6.07) is 6.38. The summed E-state index contributed by atoms with van der Waals surface area (Å²) in [4.78, 5) is 0. The van der Waals surface area contributed by atoms with Crippen molar-refractivity contribution in [1.29, 1.82) is 5.26 Å². The van der Waals surface area contributed by atoms with E-state index in [0.29, 0.717) is 28.0 Å². The molecule has 0 saturated heterocycles.